The normalized spacial score (nSPS) is 18.9. The summed E-state index contributed by atoms with van der Waals surface area (Å²) in [6.07, 6.45) is 1.49. The van der Waals surface area contributed by atoms with Gasteiger partial charge >= 0.3 is 6.03 Å². The molecule has 1 fully saturated rings. The van der Waals surface area contributed by atoms with Crippen LogP contribution in [0.25, 0.3) is 0 Å². The number of amides is 3. The van der Waals surface area contributed by atoms with Crippen molar-refractivity contribution >= 4 is 29.4 Å². The SMILES string of the molecule is CC(C)Oc1cc(C#N)ccc1C1=N[C@@H](c2ccc(Cl)cc2)[C@@H](c2ccccn2)N1C(=O)N1CCNC(=O)C1. The molecular weight excluding hydrogens is 516 g/mol. The fourth-order valence-corrected chi connectivity index (χ4v) is 4.92. The van der Waals surface area contributed by atoms with E-state index in [1.54, 1.807) is 41.4 Å². The standard InChI is InChI=1S/C29H27ClN6O3/c1-18(2)39-24-15-19(16-31)6-11-22(24)28-34-26(20-7-9-21(30)10-8-20)27(23-5-3-4-12-32-23)36(28)29(38)35-14-13-33-25(37)17-35/h3-12,15,18,26-27H,13-14,17H2,1-2H3,(H,33,37)/t26-,27+/m0/s1. The number of nitriles is 1. The molecule has 0 spiro atoms. The summed E-state index contributed by atoms with van der Waals surface area (Å²) in [4.78, 5) is 39.3. The largest absolute Gasteiger partial charge is 0.490 e. The Morgan fingerprint density at radius 2 is 1.97 bits per heavy atom. The Morgan fingerprint density at radius 3 is 2.64 bits per heavy atom. The molecule has 2 atom stereocenters. The van der Waals surface area contributed by atoms with Crippen molar-refractivity contribution in [1.29, 1.82) is 5.26 Å². The zero-order chi connectivity index (χ0) is 27.5. The number of benzene rings is 2. The Morgan fingerprint density at radius 1 is 1.18 bits per heavy atom. The van der Waals surface area contributed by atoms with Crippen molar-refractivity contribution in [2.24, 2.45) is 4.99 Å². The molecule has 0 aliphatic carbocycles. The highest BCUT2D eigenvalue weighted by Crippen LogP contribution is 2.44. The first-order valence-electron chi connectivity index (χ1n) is 12.7. The van der Waals surface area contributed by atoms with E-state index in [0.29, 0.717) is 46.5 Å². The fourth-order valence-electron chi connectivity index (χ4n) is 4.79. The van der Waals surface area contributed by atoms with Crippen molar-refractivity contribution in [2.45, 2.75) is 32.0 Å². The highest BCUT2D eigenvalue weighted by Gasteiger charge is 2.45. The molecule has 1 aromatic heterocycles. The number of carbonyl (C=O) groups excluding carboxylic acids is 2. The third-order valence-corrected chi connectivity index (χ3v) is 6.75. The number of hydrogen-bond acceptors (Lipinski definition) is 6. The van der Waals surface area contributed by atoms with E-state index in [-0.39, 0.29) is 24.6 Å². The number of aliphatic imine (C=N–C) groups is 1. The molecule has 0 bridgehead atoms. The van der Waals surface area contributed by atoms with Gasteiger partial charge < -0.3 is 15.0 Å². The predicted molar refractivity (Wildman–Crippen MR) is 146 cm³/mol. The van der Waals surface area contributed by atoms with Gasteiger partial charge in [0.15, 0.2) is 0 Å². The van der Waals surface area contributed by atoms with E-state index in [0.717, 1.165) is 5.56 Å². The lowest BCUT2D eigenvalue weighted by Gasteiger charge is -2.35. The summed E-state index contributed by atoms with van der Waals surface area (Å²) in [6, 6.07) is 18.6. The molecule has 3 amide bonds. The van der Waals surface area contributed by atoms with Crippen LogP contribution in [0, 0.1) is 11.3 Å². The molecule has 1 saturated heterocycles. The monoisotopic (exact) mass is 542 g/mol. The third kappa shape index (κ3) is 5.42. The third-order valence-electron chi connectivity index (χ3n) is 6.50. The number of aromatic nitrogens is 1. The van der Waals surface area contributed by atoms with Gasteiger partial charge in [0.1, 0.15) is 30.2 Å². The van der Waals surface area contributed by atoms with Crippen molar-refractivity contribution in [1.82, 2.24) is 20.1 Å². The lowest BCUT2D eigenvalue weighted by molar-refractivity contribution is -0.123. The van der Waals surface area contributed by atoms with Crippen molar-refractivity contribution in [3.05, 3.63) is 94.3 Å². The number of nitrogens with one attached hydrogen (secondary N) is 1. The molecule has 2 aliphatic rings. The van der Waals surface area contributed by atoms with Gasteiger partial charge in [0.25, 0.3) is 0 Å². The number of nitrogens with zero attached hydrogens (tertiary/aromatic N) is 5. The predicted octanol–water partition coefficient (Wildman–Crippen LogP) is 4.49. The molecule has 5 rings (SSSR count). The average molecular weight is 543 g/mol. The zero-order valence-electron chi connectivity index (χ0n) is 21.5. The zero-order valence-corrected chi connectivity index (χ0v) is 22.3. The number of halogens is 1. The first-order valence-corrected chi connectivity index (χ1v) is 13.0. The maximum atomic E-state index is 14.2. The molecule has 198 valence electrons. The van der Waals surface area contributed by atoms with E-state index in [4.69, 9.17) is 21.3 Å². The second-order valence-corrected chi connectivity index (χ2v) is 10.00. The molecule has 39 heavy (non-hydrogen) atoms. The van der Waals surface area contributed by atoms with E-state index >= 15 is 0 Å². The van der Waals surface area contributed by atoms with Gasteiger partial charge in [-0.1, -0.05) is 29.8 Å². The van der Waals surface area contributed by atoms with Gasteiger partial charge in [-0.15, -0.1) is 0 Å². The van der Waals surface area contributed by atoms with E-state index in [1.807, 2.05) is 44.2 Å². The van der Waals surface area contributed by atoms with Crippen LogP contribution in [0.4, 0.5) is 4.79 Å². The summed E-state index contributed by atoms with van der Waals surface area (Å²) in [6.45, 7) is 4.44. The summed E-state index contributed by atoms with van der Waals surface area (Å²) >= 11 is 6.19. The number of ether oxygens (including phenoxy) is 1. The minimum absolute atomic E-state index is 0.0636. The molecule has 10 heteroatoms. The summed E-state index contributed by atoms with van der Waals surface area (Å²) < 4.78 is 6.11. The van der Waals surface area contributed by atoms with Gasteiger partial charge in [0.2, 0.25) is 5.91 Å². The molecule has 2 aliphatic heterocycles. The molecule has 0 radical (unpaired) electrons. The number of hydrogen-bond donors (Lipinski definition) is 1. The Hall–Kier alpha value is -4.42. The number of piperazine rings is 1. The van der Waals surface area contributed by atoms with Crippen LogP contribution in [0.2, 0.25) is 5.02 Å². The van der Waals surface area contributed by atoms with E-state index in [2.05, 4.69) is 16.4 Å². The fraction of sp³-hybridized carbons (Fsp3) is 0.276. The number of pyridine rings is 1. The highest BCUT2D eigenvalue weighted by atomic mass is 35.5. The highest BCUT2D eigenvalue weighted by molar-refractivity contribution is 6.30. The molecule has 3 heterocycles. The topological polar surface area (TPSA) is 111 Å². The average Bonchev–Trinajstić information content (AvgIpc) is 3.33. The molecular formula is C29H27ClN6O3. The van der Waals surface area contributed by atoms with Crippen molar-refractivity contribution in [3.63, 3.8) is 0 Å². The van der Waals surface area contributed by atoms with Crippen molar-refractivity contribution in [2.75, 3.05) is 19.6 Å². The van der Waals surface area contributed by atoms with Crippen LogP contribution in [0.15, 0.2) is 71.9 Å². The van der Waals surface area contributed by atoms with Gasteiger partial charge in [0, 0.05) is 24.3 Å². The van der Waals surface area contributed by atoms with Crippen LogP contribution in [-0.4, -0.2) is 58.3 Å². The number of carbonyl (C=O) groups is 2. The Kier molecular flexibility index (Phi) is 7.48. The number of urea groups is 1. The quantitative estimate of drug-likeness (QED) is 0.510. The summed E-state index contributed by atoms with van der Waals surface area (Å²) in [5.41, 5.74) is 2.48. The molecule has 0 saturated carbocycles. The Bertz CT molecular complexity index is 1450. The molecule has 1 N–H and O–H groups in total. The number of amidine groups is 1. The second-order valence-electron chi connectivity index (χ2n) is 9.56. The van der Waals surface area contributed by atoms with Gasteiger partial charge in [-0.25, -0.2) is 4.79 Å². The van der Waals surface area contributed by atoms with Crippen LogP contribution < -0.4 is 10.1 Å². The van der Waals surface area contributed by atoms with Gasteiger partial charge in [0.05, 0.1) is 29.0 Å². The minimum Gasteiger partial charge on any atom is -0.490 e. The first-order chi connectivity index (χ1) is 18.9. The van der Waals surface area contributed by atoms with Crippen LogP contribution in [0.1, 0.15) is 48.3 Å². The molecule has 9 nitrogen and oxygen atoms in total. The van der Waals surface area contributed by atoms with Crippen molar-refractivity contribution in [3.8, 4) is 11.8 Å². The first kappa shape index (κ1) is 26.2. The maximum absolute atomic E-state index is 14.2. The van der Waals surface area contributed by atoms with Gasteiger partial charge in [-0.2, -0.15) is 5.26 Å². The van der Waals surface area contributed by atoms with Crippen LogP contribution in [0.5, 0.6) is 5.75 Å². The van der Waals surface area contributed by atoms with E-state index in [1.165, 1.54) is 4.90 Å². The molecule has 3 aromatic rings. The van der Waals surface area contributed by atoms with Crippen LogP contribution >= 0.6 is 11.6 Å². The van der Waals surface area contributed by atoms with E-state index in [9.17, 15) is 14.9 Å². The smallest absolute Gasteiger partial charge is 0.326 e. The molecule has 0 unspecified atom stereocenters. The second kappa shape index (κ2) is 11.1. The lowest BCUT2D eigenvalue weighted by Crippen LogP contribution is -2.55. The van der Waals surface area contributed by atoms with Crippen molar-refractivity contribution < 1.29 is 14.3 Å². The summed E-state index contributed by atoms with van der Waals surface area (Å²) in [5, 5.41) is 12.9. The summed E-state index contributed by atoms with van der Waals surface area (Å²) in [5.74, 6) is 0.591. The lowest BCUT2D eigenvalue weighted by atomic mass is 9.97. The summed E-state index contributed by atoms with van der Waals surface area (Å²) in [7, 11) is 0. The maximum Gasteiger partial charge on any atom is 0.326 e. The minimum atomic E-state index is -0.609. The number of rotatable bonds is 5. The Labute approximate surface area is 231 Å². The van der Waals surface area contributed by atoms with Gasteiger partial charge in [-0.3, -0.25) is 19.7 Å². The van der Waals surface area contributed by atoms with Gasteiger partial charge in [-0.05, 0) is 61.9 Å². The van der Waals surface area contributed by atoms with Crippen LogP contribution in [0.3, 0.4) is 0 Å². The van der Waals surface area contributed by atoms with E-state index < -0.39 is 12.1 Å². The Balaban J connectivity index is 1.71. The van der Waals surface area contributed by atoms with Crippen LogP contribution in [-0.2, 0) is 4.79 Å². The molecule has 2 aromatic carbocycles.